The highest BCUT2D eigenvalue weighted by Crippen LogP contribution is 2.24. The maximum absolute atomic E-state index is 12.4. The van der Waals surface area contributed by atoms with Crippen molar-refractivity contribution in [1.29, 1.82) is 0 Å². The molecule has 3 aromatic rings. The van der Waals surface area contributed by atoms with Gasteiger partial charge in [-0.1, -0.05) is 36.4 Å². The van der Waals surface area contributed by atoms with Crippen LogP contribution < -0.4 is 10.1 Å². The Morgan fingerprint density at radius 2 is 1.60 bits per heavy atom. The zero-order chi connectivity index (χ0) is 21.5. The van der Waals surface area contributed by atoms with E-state index in [-0.39, 0.29) is 16.9 Å². The molecule has 0 aliphatic carbocycles. The maximum Gasteiger partial charge on any atom is 0.339 e. The Kier molecular flexibility index (Phi) is 6.39. The Hall–Kier alpha value is -4.20. The van der Waals surface area contributed by atoms with Gasteiger partial charge >= 0.3 is 5.97 Å². The van der Waals surface area contributed by atoms with E-state index in [1.807, 2.05) is 18.2 Å². The molecule has 8 nitrogen and oxygen atoms in total. The highest BCUT2D eigenvalue weighted by molar-refractivity contribution is 5.98. The van der Waals surface area contributed by atoms with Crippen molar-refractivity contribution in [1.82, 2.24) is 0 Å². The fourth-order valence-electron chi connectivity index (χ4n) is 2.57. The molecule has 0 saturated carbocycles. The SMILES string of the molecule is C[C@@H](OC(=O)c1cccc(Oc2ccccc2)c1)C(=O)Nc1ccccc1[N+](=O)[O-]. The maximum atomic E-state index is 12.4. The van der Waals surface area contributed by atoms with Crippen molar-refractivity contribution in [2.75, 3.05) is 5.32 Å². The lowest BCUT2D eigenvalue weighted by Crippen LogP contribution is -2.30. The van der Waals surface area contributed by atoms with Gasteiger partial charge in [0.05, 0.1) is 10.5 Å². The Morgan fingerprint density at radius 1 is 0.933 bits per heavy atom. The Morgan fingerprint density at radius 3 is 2.33 bits per heavy atom. The molecule has 1 atom stereocenters. The molecule has 3 rings (SSSR count). The third kappa shape index (κ3) is 5.20. The van der Waals surface area contributed by atoms with Crippen LogP contribution in [0.1, 0.15) is 17.3 Å². The fourth-order valence-corrected chi connectivity index (χ4v) is 2.57. The summed E-state index contributed by atoms with van der Waals surface area (Å²) in [6.45, 7) is 1.38. The minimum absolute atomic E-state index is 0.0219. The van der Waals surface area contributed by atoms with Crippen LogP contribution in [0.2, 0.25) is 0 Å². The van der Waals surface area contributed by atoms with E-state index in [4.69, 9.17) is 9.47 Å². The van der Waals surface area contributed by atoms with Gasteiger partial charge in [0.1, 0.15) is 17.2 Å². The second-order valence-electron chi connectivity index (χ2n) is 6.25. The average molecular weight is 406 g/mol. The zero-order valence-corrected chi connectivity index (χ0v) is 16.0. The van der Waals surface area contributed by atoms with Gasteiger partial charge in [0, 0.05) is 6.07 Å². The van der Waals surface area contributed by atoms with Crippen molar-refractivity contribution in [2.45, 2.75) is 13.0 Å². The molecule has 0 spiro atoms. The van der Waals surface area contributed by atoms with E-state index in [2.05, 4.69) is 5.32 Å². The largest absolute Gasteiger partial charge is 0.457 e. The number of benzene rings is 3. The molecule has 1 N–H and O–H groups in total. The summed E-state index contributed by atoms with van der Waals surface area (Å²) in [6.07, 6.45) is -1.17. The van der Waals surface area contributed by atoms with Crippen LogP contribution in [0.15, 0.2) is 78.9 Å². The molecule has 0 heterocycles. The van der Waals surface area contributed by atoms with Gasteiger partial charge in [-0.25, -0.2) is 4.79 Å². The first-order valence-corrected chi connectivity index (χ1v) is 9.02. The molecule has 1 amide bonds. The number of nitro groups is 1. The molecule has 152 valence electrons. The summed E-state index contributed by atoms with van der Waals surface area (Å²) in [5.41, 5.74) is -0.0300. The van der Waals surface area contributed by atoms with Gasteiger partial charge in [-0.05, 0) is 43.3 Å². The zero-order valence-electron chi connectivity index (χ0n) is 16.0. The Bertz CT molecular complexity index is 1070. The first kappa shape index (κ1) is 20.5. The number of nitro benzene ring substituents is 1. The second-order valence-corrected chi connectivity index (χ2v) is 6.25. The number of rotatable bonds is 7. The van der Waals surface area contributed by atoms with Crippen molar-refractivity contribution in [2.24, 2.45) is 0 Å². The minimum Gasteiger partial charge on any atom is -0.457 e. The first-order chi connectivity index (χ1) is 14.4. The van der Waals surface area contributed by atoms with Crippen LogP contribution in [0.25, 0.3) is 0 Å². The molecule has 0 bridgehead atoms. The predicted octanol–water partition coefficient (Wildman–Crippen LogP) is 4.57. The third-order valence-corrected chi connectivity index (χ3v) is 4.06. The van der Waals surface area contributed by atoms with Crippen LogP contribution in [0, 0.1) is 10.1 Å². The molecule has 30 heavy (non-hydrogen) atoms. The average Bonchev–Trinajstić information content (AvgIpc) is 2.74. The lowest BCUT2D eigenvalue weighted by atomic mass is 10.2. The molecule has 0 aromatic heterocycles. The number of hydrogen-bond acceptors (Lipinski definition) is 6. The number of nitrogens with zero attached hydrogens (tertiary/aromatic N) is 1. The Labute approximate surface area is 172 Å². The molecule has 0 fully saturated rings. The first-order valence-electron chi connectivity index (χ1n) is 9.02. The van der Waals surface area contributed by atoms with E-state index < -0.39 is 22.9 Å². The van der Waals surface area contributed by atoms with Crippen molar-refractivity contribution in [3.8, 4) is 11.5 Å². The molecule has 0 radical (unpaired) electrons. The molecule has 0 aliphatic heterocycles. The van der Waals surface area contributed by atoms with E-state index in [9.17, 15) is 19.7 Å². The van der Waals surface area contributed by atoms with E-state index in [0.29, 0.717) is 11.5 Å². The number of hydrogen-bond donors (Lipinski definition) is 1. The number of carbonyl (C=O) groups excluding carboxylic acids is 2. The standard InChI is InChI=1S/C22H18N2O6/c1-15(21(25)23-19-12-5-6-13-20(19)24(27)28)29-22(26)16-8-7-11-18(14-16)30-17-9-3-2-4-10-17/h2-15H,1H3,(H,23,25)/t15-/m1/s1. The summed E-state index contributed by atoms with van der Waals surface area (Å²) in [7, 11) is 0. The number of para-hydroxylation sites is 3. The van der Waals surface area contributed by atoms with Crippen LogP contribution in [-0.4, -0.2) is 22.9 Å². The summed E-state index contributed by atoms with van der Waals surface area (Å²) in [4.78, 5) is 35.2. The van der Waals surface area contributed by atoms with Gasteiger partial charge in [-0.2, -0.15) is 0 Å². The number of esters is 1. The summed E-state index contributed by atoms with van der Waals surface area (Å²) >= 11 is 0. The number of anilines is 1. The molecule has 3 aromatic carbocycles. The lowest BCUT2D eigenvalue weighted by Gasteiger charge is -2.14. The van der Waals surface area contributed by atoms with E-state index in [0.717, 1.165) is 0 Å². The highest BCUT2D eigenvalue weighted by atomic mass is 16.6. The van der Waals surface area contributed by atoms with Gasteiger partial charge in [0.2, 0.25) is 0 Å². The van der Waals surface area contributed by atoms with Gasteiger partial charge in [-0.3, -0.25) is 14.9 Å². The molecule has 0 saturated heterocycles. The van der Waals surface area contributed by atoms with Gasteiger partial charge in [-0.15, -0.1) is 0 Å². The summed E-state index contributed by atoms with van der Waals surface area (Å²) in [5, 5.41) is 13.5. The van der Waals surface area contributed by atoms with E-state index in [1.165, 1.54) is 37.3 Å². The lowest BCUT2D eigenvalue weighted by molar-refractivity contribution is -0.383. The molecule has 0 aliphatic rings. The van der Waals surface area contributed by atoms with Crippen molar-refractivity contribution >= 4 is 23.3 Å². The predicted molar refractivity (Wildman–Crippen MR) is 110 cm³/mol. The van der Waals surface area contributed by atoms with Gasteiger partial charge < -0.3 is 14.8 Å². The quantitative estimate of drug-likeness (QED) is 0.350. The monoisotopic (exact) mass is 406 g/mol. The van der Waals surface area contributed by atoms with Gasteiger partial charge in [0.25, 0.3) is 11.6 Å². The third-order valence-electron chi connectivity index (χ3n) is 4.06. The second kappa shape index (κ2) is 9.33. The summed E-state index contributed by atoms with van der Waals surface area (Å²) < 4.78 is 10.9. The molecule has 0 unspecified atom stereocenters. The van der Waals surface area contributed by atoms with Crippen molar-refractivity contribution < 1.29 is 24.0 Å². The topological polar surface area (TPSA) is 108 Å². The van der Waals surface area contributed by atoms with Gasteiger partial charge in [0.15, 0.2) is 6.10 Å². The van der Waals surface area contributed by atoms with Crippen LogP contribution in [0.3, 0.4) is 0 Å². The van der Waals surface area contributed by atoms with Crippen LogP contribution in [0.4, 0.5) is 11.4 Å². The van der Waals surface area contributed by atoms with Crippen molar-refractivity contribution in [3.05, 3.63) is 94.5 Å². The number of carbonyl (C=O) groups is 2. The normalized spacial score (nSPS) is 11.2. The molecular formula is C22H18N2O6. The van der Waals surface area contributed by atoms with Crippen LogP contribution in [-0.2, 0) is 9.53 Å². The van der Waals surface area contributed by atoms with Crippen LogP contribution >= 0.6 is 0 Å². The smallest absolute Gasteiger partial charge is 0.339 e. The number of nitrogens with one attached hydrogen (secondary N) is 1. The summed E-state index contributed by atoms with van der Waals surface area (Å²) in [5.74, 6) is -0.360. The number of amides is 1. The van der Waals surface area contributed by atoms with Crippen LogP contribution in [0.5, 0.6) is 11.5 Å². The fraction of sp³-hybridized carbons (Fsp3) is 0.0909. The minimum atomic E-state index is -1.17. The number of ether oxygens (including phenoxy) is 2. The van der Waals surface area contributed by atoms with E-state index >= 15 is 0 Å². The summed E-state index contributed by atoms with van der Waals surface area (Å²) in [6, 6.07) is 21.1. The van der Waals surface area contributed by atoms with Crippen molar-refractivity contribution in [3.63, 3.8) is 0 Å². The molecular weight excluding hydrogens is 388 g/mol. The highest BCUT2D eigenvalue weighted by Gasteiger charge is 2.22. The molecule has 8 heteroatoms. The van der Waals surface area contributed by atoms with E-state index in [1.54, 1.807) is 30.3 Å². The Balaban J connectivity index is 1.65.